The average molecular weight is 266 g/mol. The molecule has 5 nitrogen and oxygen atoms in total. The number of carbonyl (C=O) groups is 1. The molecule has 1 N–H and O–H groups in total. The number of pyridine rings is 1. The number of hydrogen-bond donors (Lipinski definition) is 1. The maximum absolute atomic E-state index is 10.5. The van der Waals surface area contributed by atoms with Crippen LogP contribution in [0, 0.1) is 0 Å². The fourth-order valence-electron chi connectivity index (χ4n) is 2.21. The van der Waals surface area contributed by atoms with Gasteiger partial charge in [0, 0.05) is 6.20 Å². The van der Waals surface area contributed by atoms with Crippen LogP contribution in [0.15, 0.2) is 48.7 Å². The largest absolute Gasteiger partial charge is 0.351 e. The van der Waals surface area contributed by atoms with Gasteiger partial charge < -0.3 is 9.88 Å². The molecule has 3 aromatic rings. The molecule has 20 heavy (non-hydrogen) atoms. The molecule has 0 saturated heterocycles. The lowest BCUT2D eigenvalue weighted by molar-refractivity contribution is -0.109. The van der Waals surface area contributed by atoms with E-state index in [1.165, 1.54) is 5.56 Å². The normalized spacial score (nSPS) is 10.6. The molecule has 5 heteroatoms. The Morgan fingerprint density at radius 1 is 1.15 bits per heavy atom. The van der Waals surface area contributed by atoms with Gasteiger partial charge in [-0.25, -0.2) is 9.97 Å². The third-order valence-corrected chi connectivity index (χ3v) is 3.11. The lowest BCUT2D eigenvalue weighted by Gasteiger charge is -2.08. The smallest absolute Gasteiger partial charge is 0.207 e. The molecule has 0 saturated carbocycles. The second-order valence-electron chi connectivity index (χ2n) is 4.44. The molecule has 1 aromatic carbocycles. The minimum absolute atomic E-state index is 0.396. The molecule has 0 aliphatic carbocycles. The van der Waals surface area contributed by atoms with Gasteiger partial charge in [0.05, 0.1) is 13.1 Å². The van der Waals surface area contributed by atoms with E-state index in [4.69, 9.17) is 0 Å². The molecule has 0 spiro atoms. The number of imidazole rings is 1. The standard InChI is InChI=1S/C15H14N4O/c20-11-16-9-14-18-13-7-4-8-17-15(13)19(14)10-12-5-2-1-3-6-12/h1-8,11H,9-10H2,(H,16,20). The third kappa shape index (κ3) is 2.38. The summed E-state index contributed by atoms with van der Waals surface area (Å²) in [4.78, 5) is 19.4. The molecular weight excluding hydrogens is 252 g/mol. The first-order valence-electron chi connectivity index (χ1n) is 6.39. The van der Waals surface area contributed by atoms with E-state index in [1.807, 2.05) is 34.9 Å². The van der Waals surface area contributed by atoms with Gasteiger partial charge in [-0.05, 0) is 17.7 Å². The van der Waals surface area contributed by atoms with Gasteiger partial charge >= 0.3 is 0 Å². The highest BCUT2D eigenvalue weighted by Crippen LogP contribution is 2.15. The zero-order chi connectivity index (χ0) is 13.8. The van der Waals surface area contributed by atoms with Crippen molar-refractivity contribution < 1.29 is 4.79 Å². The van der Waals surface area contributed by atoms with Crippen molar-refractivity contribution in [2.75, 3.05) is 0 Å². The van der Waals surface area contributed by atoms with Crippen LogP contribution in [0.1, 0.15) is 11.4 Å². The van der Waals surface area contributed by atoms with Crippen LogP contribution in [-0.4, -0.2) is 20.9 Å². The number of fused-ring (bicyclic) bond motifs is 1. The highest BCUT2D eigenvalue weighted by molar-refractivity contribution is 5.71. The quantitative estimate of drug-likeness (QED) is 0.715. The van der Waals surface area contributed by atoms with Crippen molar-refractivity contribution in [1.82, 2.24) is 19.9 Å². The van der Waals surface area contributed by atoms with Crippen molar-refractivity contribution in [3.05, 3.63) is 60.0 Å². The fourth-order valence-corrected chi connectivity index (χ4v) is 2.21. The second kappa shape index (κ2) is 5.52. The minimum atomic E-state index is 0.396. The van der Waals surface area contributed by atoms with E-state index in [0.29, 0.717) is 19.5 Å². The molecule has 0 unspecified atom stereocenters. The van der Waals surface area contributed by atoms with Crippen molar-refractivity contribution in [1.29, 1.82) is 0 Å². The van der Waals surface area contributed by atoms with Crippen LogP contribution in [0.4, 0.5) is 0 Å². The van der Waals surface area contributed by atoms with Crippen molar-refractivity contribution in [2.45, 2.75) is 13.1 Å². The summed E-state index contributed by atoms with van der Waals surface area (Å²) in [7, 11) is 0. The Morgan fingerprint density at radius 3 is 2.80 bits per heavy atom. The SMILES string of the molecule is O=CNCc1nc2cccnc2n1Cc1ccccc1. The summed E-state index contributed by atoms with van der Waals surface area (Å²) >= 11 is 0. The molecule has 0 radical (unpaired) electrons. The maximum Gasteiger partial charge on any atom is 0.207 e. The van der Waals surface area contributed by atoms with Gasteiger partial charge in [-0.1, -0.05) is 30.3 Å². The number of aromatic nitrogens is 3. The molecule has 2 aromatic heterocycles. The van der Waals surface area contributed by atoms with Crippen molar-refractivity contribution >= 4 is 17.6 Å². The van der Waals surface area contributed by atoms with Gasteiger partial charge in [0.15, 0.2) is 5.65 Å². The predicted octanol–water partition coefficient (Wildman–Crippen LogP) is 1.73. The highest BCUT2D eigenvalue weighted by atomic mass is 16.1. The molecule has 0 aliphatic rings. The summed E-state index contributed by atoms with van der Waals surface area (Å²) < 4.78 is 2.03. The Hall–Kier alpha value is -2.69. The van der Waals surface area contributed by atoms with Crippen molar-refractivity contribution in [2.24, 2.45) is 0 Å². The topological polar surface area (TPSA) is 59.8 Å². The maximum atomic E-state index is 10.5. The predicted molar refractivity (Wildman–Crippen MR) is 76.0 cm³/mol. The van der Waals surface area contributed by atoms with Gasteiger partial charge in [-0.3, -0.25) is 4.79 Å². The number of carbonyl (C=O) groups excluding carboxylic acids is 1. The van der Waals surface area contributed by atoms with Gasteiger partial charge in [-0.2, -0.15) is 0 Å². The zero-order valence-electron chi connectivity index (χ0n) is 10.9. The van der Waals surface area contributed by atoms with E-state index >= 15 is 0 Å². The number of amides is 1. The molecule has 3 rings (SSSR count). The van der Waals surface area contributed by atoms with Gasteiger partial charge in [0.2, 0.25) is 6.41 Å². The van der Waals surface area contributed by atoms with Crippen LogP contribution in [0.2, 0.25) is 0 Å². The van der Waals surface area contributed by atoms with Gasteiger partial charge in [0.25, 0.3) is 0 Å². The molecule has 100 valence electrons. The first-order chi connectivity index (χ1) is 9.88. The number of rotatable bonds is 5. The Morgan fingerprint density at radius 2 is 2.00 bits per heavy atom. The molecule has 0 aliphatic heterocycles. The van der Waals surface area contributed by atoms with Crippen LogP contribution < -0.4 is 5.32 Å². The van der Waals surface area contributed by atoms with E-state index in [0.717, 1.165) is 17.0 Å². The van der Waals surface area contributed by atoms with Crippen LogP contribution in [-0.2, 0) is 17.9 Å². The fraction of sp³-hybridized carbons (Fsp3) is 0.133. The molecule has 0 atom stereocenters. The molecular formula is C15H14N4O. The summed E-state index contributed by atoms with van der Waals surface area (Å²) in [5, 5.41) is 2.66. The van der Waals surface area contributed by atoms with Crippen LogP contribution in [0.3, 0.4) is 0 Å². The summed E-state index contributed by atoms with van der Waals surface area (Å²) in [6, 6.07) is 13.9. The van der Waals surface area contributed by atoms with Crippen LogP contribution in [0.5, 0.6) is 0 Å². The Kier molecular flexibility index (Phi) is 3.41. The Bertz CT molecular complexity index is 721. The van der Waals surface area contributed by atoms with E-state index < -0.39 is 0 Å². The van der Waals surface area contributed by atoms with Crippen molar-refractivity contribution in [3.8, 4) is 0 Å². The zero-order valence-corrected chi connectivity index (χ0v) is 10.9. The summed E-state index contributed by atoms with van der Waals surface area (Å²) in [5.41, 5.74) is 2.84. The highest BCUT2D eigenvalue weighted by Gasteiger charge is 2.11. The third-order valence-electron chi connectivity index (χ3n) is 3.11. The first kappa shape index (κ1) is 12.3. The minimum Gasteiger partial charge on any atom is -0.351 e. The van der Waals surface area contributed by atoms with Crippen molar-refractivity contribution in [3.63, 3.8) is 0 Å². The summed E-state index contributed by atoms with van der Waals surface area (Å²) in [6.45, 7) is 1.08. The van der Waals surface area contributed by atoms with Crippen LogP contribution >= 0.6 is 0 Å². The molecule has 0 fully saturated rings. The van der Waals surface area contributed by atoms with E-state index in [1.54, 1.807) is 6.20 Å². The number of nitrogens with zero attached hydrogens (tertiary/aromatic N) is 3. The molecule has 1 amide bonds. The number of benzene rings is 1. The molecule has 0 bridgehead atoms. The molecule has 2 heterocycles. The lowest BCUT2D eigenvalue weighted by Crippen LogP contribution is -2.15. The summed E-state index contributed by atoms with van der Waals surface area (Å²) in [5.74, 6) is 0.801. The van der Waals surface area contributed by atoms with E-state index in [9.17, 15) is 4.79 Å². The lowest BCUT2D eigenvalue weighted by atomic mass is 10.2. The van der Waals surface area contributed by atoms with Gasteiger partial charge in [-0.15, -0.1) is 0 Å². The van der Waals surface area contributed by atoms with Crippen LogP contribution in [0.25, 0.3) is 11.2 Å². The van der Waals surface area contributed by atoms with E-state index in [-0.39, 0.29) is 0 Å². The first-order valence-corrected chi connectivity index (χ1v) is 6.39. The van der Waals surface area contributed by atoms with Gasteiger partial charge in [0.1, 0.15) is 11.3 Å². The summed E-state index contributed by atoms with van der Waals surface area (Å²) in [6.07, 6.45) is 2.43. The Balaban J connectivity index is 2.03. The monoisotopic (exact) mass is 266 g/mol. The number of hydrogen-bond acceptors (Lipinski definition) is 3. The number of nitrogens with one attached hydrogen (secondary N) is 1. The average Bonchev–Trinajstić information content (AvgIpc) is 2.84. The second-order valence-corrected chi connectivity index (χ2v) is 4.44. The Labute approximate surface area is 116 Å². The van der Waals surface area contributed by atoms with E-state index in [2.05, 4.69) is 27.4 Å².